The van der Waals surface area contributed by atoms with E-state index in [0.29, 0.717) is 6.61 Å². The zero-order chi connectivity index (χ0) is 6.41. The third-order valence-corrected chi connectivity index (χ3v) is 1.13. The zero-order valence-electron chi connectivity index (χ0n) is 5.55. The maximum atomic E-state index is 4.80. The molecule has 0 bridgehead atoms. The molecule has 8 heavy (non-hydrogen) atoms. The Bertz CT molecular complexity index is 49.7. The highest BCUT2D eigenvalue weighted by atomic mass is 16.6. The molecule has 0 amide bonds. The second-order valence-electron chi connectivity index (χ2n) is 1.77. The molecule has 0 aromatic rings. The van der Waals surface area contributed by atoms with Crippen molar-refractivity contribution in [1.29, 1.82) is 0 Å². The van der Waals surface area contributed by atoms with Crippen molar-refractivity contribution in [1.82, 2.24) is 4.90 Å². The average molecular weight is 118 g/mol. The fraction of sp³-hybridized carbons (Fsp3) is 1.00. The highest BCUT2D eigenvalue weighted by molar-refractivity contribution is 4.42. The first-order chi connectivity index (χ1) is 3.81. The lowest BCUT2D eigenvalue weighted by atomic mass is 10.6. The SMILES string of the molecule is CCN(C)CCON. The predicted molar refractivity (Wildman–Crippen MR) is 33.3 cm³/mol. The summed E-state index contributed by atoms with van der Waals surface area (Å²) in [5, 5.41) is 0. The molecule has 0 heterocycles. The average Bonchev–Trinajstić information content (AvgIpc) is 1.83. The minimum Gasteiger partial charge on any atom is -0.304 e. The van der Waals surface area contributed by atoms with Crippen LogP contribution in [-0.2, 0) is 4.84 Å². The molecule has 0 aliphatic heterocycles. The van der Waals surface area contributed by atoms with Crippen molar-refractivity contribution in [3.05, 3.63) is 0 Å². The van der Waals surface area contributed by atoms with Gasteiger partial charge in [-0.25, -0.2) is 5.90 Å². The summed E-state index contributed by atoms with van der Waals surface area (Å²) in [6.07, 6.45) is 0. The second-order valence-corrected chi connectivity index (χ2v) is 1.77. The van der Waals surface area contributed by atoms with E-state index in [9.17, 15) is 0 Å². The number of rotatable bonds is 4. The summed E-state index contributed by atoms with van der Waals surface area (Å²) in [6, 6.07) is 0. The normalized spacial score (nSPS) is 10.5. The minimum absolute atomic E-state index is 0.615. The topological polar surface area (TPSA) is 38.5 Å². The fourth-order valence-corrected chi connectivity index (χ4v) is 0.367. The van der Waals surface area contributed by atoms with Crippen molar-refractivity contribution < 1.29 is 4.84 Å². The highest BCUT2D eigenvalue weighted by Gasteiger charge is 1.90. The van der Waals surface area contributed by atoms with E-state index in [1.54, 1.807) is 0 Å². The minimum atomic E-state index is 0.615. The molecule has 0 radical (unpaired) electrons. The van der Waals surface area contributed by atoms with Crippen LogP contribution in [0, 0.1) is 0 Å². The van der Waals surface area contributed by atoms with Crippen LogP contribution in [0.25, 0.3) is 0 Å². The number of likely N-dealkylation sites (N-methyl/N-ethyl adjacent to an activating group) is 1. The third-order valence-electron chi connectivity index (χ3n) is 1.13. The molecule has 0 rings (SSSR count). The van der Waals surface area contributed by atoms with Gasteiger partial charge in [0.05, 0.1) is 6.61 Å². The highest BCUT2D eigenvalue weighted by Crippen LogP contribution is 1.77. The Labute approximate surface area is 50.4 Å². The van der Waals surface area contributed by atoms with Crippen molar-refractivity contribution in [2.45, 2.75) is 6.92 Å². The Morgan fingerprint density at radius 1 is 1.62 bits per heavy atom. The Balaban J connectivity index is 2.86. The van der Waals surface area contributed by atoms with Crippen molar-refractivity contribution >= 4 is 0 Å². The number of hydrogen-bond acceptors (Lipinski definition) is 3. The molecule has 0 aromatic heterocycles. The predicted octanol–water partition coefficient (Wildman–Crippen LogP) is -0.172. The van der Waals surface area contributed by atoms with Crippen LogP contribution in [0.1, 0.15) is 6.92 Å². The van der Waals surface area contributed by atoms with Gasteiger partial charge in [-0.15, -0.1) is 0 Å². The molecular formula is C5H14N2O. The molecule has 50 valence electrons. The van der Waals surface area contributed by atoms with Crippen molar-refractivity contribution in [2.24, 2.45) is 5.90 Å². The molecule has 0 saturated heterocycles. The molecule has 0 atom stereocenters. The van der Waals surface area contributed by atoms with Gasteiger partial charge in [-0.3, -0.25) is 0 Å². The lowest BCUT2D eigenvalue weighted by Gasteiger charge is -2.11. The van der Waals surface area contributed by atoms with Gasteiger partial charge in [-0.1, -0.05) is 6.92 Å². The van der Waals surface area contributed by atoms with E-state index in [-0.39, 0.29) is 0 Å². The van der Waals surface area contributed by atoms with Crippen LogP contribution in [0.2, 0.25) is 0 Å². The smallest absolute Gasteiger partial charge is 0.0806 e. The molecule has 0 unspecified atom stereocenters. The van der Waals surface area contributed by atoms with E-state index < -0.39 is 0 Å². The maximum Gasteiger partial charge on any atom is 0.0806 e. The van der Waals surface area contributed by atoms with Gasteiger partial charge in [0.1, 0.15) is 0 Å². The first-order valence-electron chi connectivity index (χ1n) is 2.81. The lowest BCUT2D eigenvalue weighted by molar-refractivity contribution is 0.115. The Hall–Kier alpha value is -0.120. The fourth-order valence-electron chi connectivity index (χ4n) is 0.367. The number of nitrogens with zero attached hydrogens (tertiary/aromatic N) is 1. The monoisotopic (exact) mass is 118 g/mol. The number of nitrogens with two attached hydrogens (primary N) is 1. The molecule has 3 nitrogen and oxygen atoms in total. The van der Waals surface area contributed by atoms with Gasteiger partial charge >= 0.3 is 0 Å². The van der Waals surface area contributed by atoms with Crippen molar-refractivity contribution in [3.8, 4) is 0 Å². The van der Waals surface area contributed by atoms with Crippen LogP contribution in [-0.4, -0.2) is 31.6 Å². The van der Waals surface area contributed by atoms with Gasteiger partial charge in [-0.05, 0) is 13.6 Å². The van der Waals surface area contributed by atoms with E-state index in [0.717, 1.165) is 13.1 Å². The van der Waals surface area contributed by atoms with Crippen molar-refractivity contribution in [3.63, 3.8) is 0 Å². The van der Waals surface area contributed by atoms with Crippen LogP contribution in [0.5, 0.6) is 0 Å². The maximum absolute atomic E-state index is 4.80. The summed E-state index contributed by atoms with van der Waals surface area (Å²) < 4.78 is 0. The summed E-state index contributed by atoms with van der Waals surface area (Å²) in [5.41, 5.74) is 0. The van der Waals surface area contributed by atoms with E-state index in [2.05, 4.69) is 16.7 Å². The summed E-state index contributed by atoms with van der Waals surface area (Å²) in [6.45, 7) is 4.66. The van der Waals surface area contributed by atoms with Gasteiger partial charge < -0.3 is 9.74 Å². The van der Waals surface area contributed by atoms with Crippen LogP contribution in [0.3, 0.4) is 0 Å². The molecule has 0 aliphatic rings. The molecule has 0 aliphatic carbocycles. The Kier molecular flexibility index (Phi) is 4.95. The van der Waals surface area contributed by atoms with E-state index in [1.165, 1.54) is 0 Å². The first-order valence-corrected chi connectivity index (χ1v) is 2.81. The van der Waals surface area contributed by atoms with Gasteiger partial charge in [0.2, 0.25) is 0 Å². The lowest BCUT2D eigenvalue weighted by Crippen LogP contribution is -2.23. The first kappa shape index (κ1) is 7.88. The molecule has 0 fully saturated rings. The summed E-state index contributed by atoms with van der Waals surface area (Å²) in [7, 11) is 2.03. The standard InChI is InChI=1S/C5H14N2O/c1-3-7(2)4-5-8-6/h3-6H2,1-2H3. The molecule has 0 aromatic carbocycles. The quantitative estimate of drug-likeness (QED) is 0.521. The number of hydrogen-bond donors (Lipinski definition) is 1. The van der Waals surface area contributed by atoms with Gasteiger partial charge in [0, 0.05) is 6.54 Å². The van der Waals surface area contributed by atoms with Crippen LogP contribution in [0.4, 0.5) is 0 Å². The zero-order valence-corrected chi connectivity index (χ0v) is 5.55. The van der Waals surface area contributed by atoms with Crippen LogP contribution >= 0.6 is 0 Å². The van der Waals surface area contributed by atoms with Crippen LogP contribution < -0.4 is 5.90 Å². The van der Waals surface area contributed by atoms with Gasteiger partial charge in [-0.2, -0.15) is 0 Å². The molecule has 3 heteroatoms. The largest absolute Gasteiger partial charge is 0.304 e. The summed E-state index contributed by atoms with van der Waals surface area (Å²) >= 11 is 0. The van der Waals surface area contributed by atoms with E-state index in [4.69, 9.17) is 5.90 Å². The Morgan fingerprint density at radius 2 is 2.25 bits per heavy atom. The summed E-state index contributed by atoms with van der Waals surface area (Å²) in [5.74, 6) is 4.80. The molecule has 0 saturated carbocycles. The molecule has 2 N–H and O–H groups in total. The van der Waals surface area contributed by atoms with Gasteiger partial charge in [0.15, 0.2) is 0 Å². The summed E-state index contributed by atoms with van der Waals surface area (Å²) in [4.78, 5) is 6.50. The van der Waals surface area contributed by atoms with Crippen molar-refractivity contribution in [2.75, 3.05) is 26.7 Å². The van der Waals surface area contributed by atoms with E-state index >= 15 is 0 Å². The van der Waals surface area contributed by atoms with Crippen LogP contribution in [0.15, 0.2) is 0 Å². The van der Waals surface area contributed by atoms with E-state index in [1.807, 2.05) is 7.05 Å². The molecular weight excluding hydrogens is 104 g/mol. The molecule has 0 spiro atoms. The van der Waals surface area contributed by atoms with Gasteiger partial charge in [0.25, 0.3) is 0 Å². The Morgan fingerprint density at radius 3 is 2.62 bits per heavy atom. The third kappa shape index (κ3) is 4.05. The second kappa shape index (κ2) is 5.03.